The SMILES string of the molecule is CCCC(CCO)CNC(=NCc1cccc(NC(=O)Cn2cccn2)c1)NCC. The minimum Gasteiger partial charge on any atom is -0.396 e. The number of hydrogen-bond donors (Lipinski definition) is 4. The van der Waals surface area contributed by atoms with Crippen LogP contribution in [0.5, 0.6) is 0 Å². The fourth-order valence-electron chi connectivity index (χ4n) is 3.18. The fraction of sp³-hybridized carbons (Fsp3) is 0.500. The molecule has 8 nitrogen and oxygen atoms in total. The molecule has 1 unspecified atom stereocenters. The molecule has 8 heteroatoms. The van der Waals surface area contributed by atoms with Crippen molar-refractivity contribution < 1.29 is 9.90 Å². The van der Waals surface area contributed by atoms with Crippen molar-refractivity contribution in [2.75, 3.05) is 25.0 Å². The molecule has 164 valence electrons. The highest BCUT2D eigenvalue weighted by Gasteiger charge is 2.09. The van der Waals surface area contributed by atoms with Crippen molar-refractivity contribution in [1.82, 2.24) is 20.4 Å². The minimum atomic E-state index is -0.125. The van der Waals surface area contributed by atoms with Gasteiger partial charge in [0.15, 0.2) is 5.96 Å². The third-order valence-corrected chi connectivity index (χ3v) is 4.63. The molecule has 0 aliphatic carbocycles. The summed E-state index contributed by atoms with van der Waals surface area (Å²) in [4.78, 5) is 16.8. The smallest absolute Gasteiger partial charge is 0.246 e. The van der Waals surface area contributed by atoms with Crippen molar-refractivity contribution in [3.8, 4) is 0 Å². The highest BCUT2D eigenvalue weighted by Crippen LogP contribution is 2.12. The van der Waals surface area contributed by atoms with Crippen LogP contribution >= 0.6 is 0 Å². The molecule has 30 heavy (non-hydrogen) atoms. The summed E-state index contributed by atoms with van der Waals surface area (Å²) in [7, 11) is 0. The first-order chi connectivity index (χ1) is 14.6. The van der Waals surface area contributed by atoms with Gasteiger partial charge in [0.2, 0.25) is 5.91 Å². The van der Waals surface area contributed by atoms with Gasteiger partial charge in [-0.15, -0.1) is 0 Å². The lowest BCUT2D eigenvalue weighted by Crippen LogP contribution is -2.40. The standard InChI is InChI=1S/C22H34N6O2/c1-3-7-18(10-13-29)15-24-22(23-4-2)25-16-19-8-5-9-20(14-19)27-21(30)17-28-12-6-11-26-28/h5-6,8-9,11-12,14,18,29H,3-4,7,10,13,15-17H2,1-2H3,(H,27,30)(H2,23,24,25). The molecule has 0 saturated heterocycles. The third kappa shape index (κ3) is 8.65. The van der Waals surface area contributed by atoms with Gasteiger partial charge < -0.3 is 21.1 Å². The number of aliphatic hydroxyl groups excluding tert-OH is 1. The first kappa shape index (κ1) is 23.4. The van der Waals surface area contributed by atoms with E-state index < -0.39 is 0 Å². The van der Waals surface area contributed by atoms with Crippen molar-refractivity contribution in [3.63, 3.8) is 0 Å². The van der Waals surface area contributed by atoms with Gasteiger partial charge >= 0.3 is 0 Å². The summed E-state index contributed by atoms with van der Waals surface area (Å²) in [6.07, 6.45) is 6.37. The lowest BCUT2D eigenvalue weighted by molar-refractivity contribution is -0.116. The van der Waals surface area contributed by atoms with E-state index in [1.54, 1.807) is 23.1 Å². The Balaban J connectivity index is 1.92. The number of amides is 1. The molecule has 0 bridgehead atoms. The summed E-state index contributed by atoms with van der Waals surface area (Å²) in [5.41, 5.74) is 1.74. The highest BCUT2D eigenvalue weighted by atomic mass is 16.3. The first-order valence-corrected chi connectivity index (χ1v) is 10.6. The molecule has 1 heterocycles. The van der Waals surface area contributed by atoms with E-state index in [4.69, 9.17) is 0 Å². The van der Waals surface area contributed by atoms with Crippen molar-refractivity contribution in [1.29, 1.82) is 0 Å². The normalized spacial score (nSPS) is 12.4. The van der Waals surface area contributed by atoms with Crippen LogP contribution in [0, 0.1) is 5.92 Å². The zero-order chi connectivity index (χ0) is 21.6. The van der Waals surface area contributed by atoms with Gasteiger partial charge in [-0.05, 0) is 49.4 Å². The second-order valence-electron chi connectivity index (χ2n) is 7.20. The number of carbonyl (C=O) groups excluding carboxylic acids is 1. The zero-order valence-electron chi connectivity index (χ0n) is 18.0. The molecule has 1 aromatic heterocycles. The molecule has 1 aromatic carbocycles. The molecular formula is C22H34N6O2. The van der Waals surface area contributed by atoms with Crippen LogP contribution in [0.3, 0.4) is 0 Å². The summed E-state index contributed by atoms with van der Waals surface area (Å²) < 4.78 is 1.58. The molecule has 2 rings (SSSR count). The Labute approximate surface area is 178 Å². The predicted molar refractivity (Wildman–Crippen MR) is 120 cm³/mol. The van der Waals surface area contributed by atoms with Gasteiger partial charge in [-0.3, -0.25) is 9.48 Å². The number of aliphatic imine (C=N–C) groups is 1. The Bertz CT molecular complexity index is 770. The number of nitrogens with zero attached hydrogens (tertiary/aromatic N) is 3. The van der Waals surface area contributed by atoms with Crippen LogP contribution in [0.15, 0.2) is 47.7 Å². The quantitative estimate of drug-likeness (QED) is 0.315. The van der Waals surface area contributed by atoms with Crippen molar-refractivity contribution in [2.24, 2.45) is 10.9 Å². The average molecular weight is 415 g/mol. The van der Waals surface area contributed by atoms with Crippen molar-refractivity contribution in [2.45, 2.75) is 46.2 Å². The second kappa shape index (κ2) is 13.4. The molecule has 0 aliphatic heterocycles. The van der Waals surface area contributed by atoms with Crippen molar-refractivity contribution in [3.05, 3.63) is 48.3 Å². The van der Waals surface area contributed by atoms with Crippen LogP contribution < -0.4 is 16.0 Å². The summed E-state index contributed by atoms with van der Waals surface area (Å²) in [6, 6.07) is 9.48. The van der Waals surface area contributed by atoms with Crippen LogP contribution in [0.1, 0.15) is 38.7 Å². The number of nitrogens with one attached hydrogen (secondary N) is 3. The Morgan fingerprint density at radius 1 is 1.23 bits per heavy atom. The Kier molecular flexibility index (Phi) is 10.4. The number of carbonyl (C=O) groups is 1. The first-order valence-electron chi connectivity index (χ1n) is 10.6. The van der Waals surface area contributed by atoms with Crippen LogP contribution in [0.4, 0.5) is 5.69 Å². The van der Waals surface area contributed by atoms with Gasteiger partial charge in [-0.2, -0.15) is 5.10 Å². The molecule has 0 saturated carbocycles. The summed E-state index contributed by atoms with van der Waals surface area (Å²) >= 11 is 0. The molecule has 0 aliphatic rings. The number of hydrogen-bond acceptors (Lipinski definition) is 4. The van der Waals surface area contributed by atoms with E-state index in [9.17, 15) is 9.90 Å². The van der Waals surface area contributed by atoms with Gasteiger partial charge in [0.25, 0.3) is 0 Å². The predicted octanol–water partition coefficient (Wildman–Crippen LogP) is 2.38. The van der Waals surface area contributed by atoms with Crippen molar-refractivity contribution >= 4 is 17.6 Å². The molecule has 1 atom stereocenters. The molecule has 0 fully saturated rings. The highest BCUT2D eigenvalue weighted by molar-refractivity contribution is 5.90. The summed E-state index contributed by atoms with van der Waals surface area (Å²) in [5.74, 6) is 1.06. The average Bonchev–Trinajstić information content (AvgIpc) is 3.23. The maximum atomic E-state index is 12.2. The third-order valence-electron chi connectivity index (χ3n) is 4.63. The molecular weight excluding hydrogens is 380 g/mol. The van der Waals surface area contributed by atoms with Gasteiger partial charge in [0, 0.05) is 37.8 Å². The van der Waals surface area contributed by atoms with Crippen LogP contribution in [-0.4, -0.2) is 46.5 Å². The van der Waals surface area contributed by atoms with Gasteiger partial charge in [0.1, 0.15) is 6.54 Å². The number of aliphatic hydroxyl groups is 1. The van der Waals surface area contributed by atoms with E-state index >= 15 is 0 Å². The second-order valence-corrected chi connectivity index (χ2v) is 7.20. The summed E-state index contributed by atoms with van der Waals surface area (Å²) in [6.45, 7) is 6.62. The molecule has 0 spiro atoms. The zero-order valence-corrected chi connectivity index (χ0v) is 18.0. The van der Waals surface area contributed by atoms with E-state index in [1.165, 1.54) is 0 Å². The summed E-state index contributed by atoms with van der Waals surface area (Å²) in [5, 5.41) is 22.8. The molecule has 0 radical (unpaired) electrons. The molecule has 4 N–H and O–H groups in total. The Hall–Kier alpha value is -2.87. The molecule has 1 amide bonds. The van der Waals surface area contributed by atoms with E-state index in [0.29, 0.717) is 12.5 Å². The van der Waals surface area contributed by atoms with E-state index in [1.807, 2.05) is 31.2 Å². The molecule has 2 aromatic rings. The largest absolute Gasteiger partial charge is 0.396 e. The number of guanidine groups is 1. The van der Waals surface area contributed by atoms with E-state index in [2.05, 4.69) is 33.0 Å². The topological polar surface area (TPSA) is 104 Å². The lowest BCUT2D eigenvalue weighted by atomic mass is 10.0. The number of aromatic nitrogens is 2. The van der Waals surface area contributed by atoms with Gasteiger partial charge in [-0.25, -0.2) is 4.99 Å². The number of rotatable bonds is 12. The Morgan fingerprint density at radius 2 is 2.10 bits per heavy atom. The number of benzene rings is 1. The Morgan fingerprint density at radius 3 is 2.80 bits per heavy atom. The number of anilines is 1. The van der Waals surface area contributed by atoms with E-state index in [-0.39, 0.29) is 19.1 Å². The van der Waals surface area contributed by atoms with Crippen LogP contribution in [0.2, 0.25) is 0 Å². The fourth-order valence-corrected chi connectivity index (χ4v) is 3.18. The maximum Gasteiger partial charge on any atom is 0.246 e. The van der Waals surface area contributed by atoms with Gasteiger partial charge in [0.05, 0.1) is 6.54 Å². The van der Waals surface area contributed by atoms with Gasteiger partial charge in [-0.1, -0.05) is 25.5 Å². The lowest BCUT2D eigenvalue weighted by Gasteiger charge is -2.18. The van der Waals surface area contributed by atoms with Crippen LogP contribution in [0.25, 0.3) is 0 Å². The maximum absolute atomic E-state index is 12.2. The van der Waals surface area contributed by atoms with Crippen LogP contribution in [-0.2, 0) is 17.9 Å². The monoisotopic (exact) mass is 414 g/mol. The van der Waals surface area contributed by atoms with E-state index in [0.717, 1.165) is 49.6 Å². The minimum absolute atomic E-state index is 0.125.